The summed E-state index contributed by atoms with van der Waals surface area (Å²) in [4.78, 5) is 15.6. The van der Waals surface area contributed by atoms with Crippen molar-refractivity contribution >= 4 is 18.0 Å². The number of hydrogen-bond donors (Lipinski definition) is 1. The second kappa shape index (κ2) is 4.73. The smallest absolute Gasteiger partial charge is 0.261 e. The molecule has 1 aliphatic rings. The highest BCUT2D eigenvalue weighted by atomic mass is 16.2. The Hall–Kier alpha value is -2.24. The first-order valence-electron chi connectivity index (χ1n) is 5.23. The Morgan fingerprint density at radius 3 is 3.12 bits per heavy atom. The van der Waals surface area contributed by atoms with Crippen LogP contribution in [-0.2, 0) is 0 Å². The number of carbonyl (C=O) groups is 1. The number of aromatic nitrogens is 1. The van der Waals surface area contributed by atoms with Crippen LogP contribution >= 0.6 is 0 Å². The van der Waals surface area contributed by atoms with Crippen molar-refractivity contribution in [2.24, 2.45) is 10.2 Å². The molecule has 1 aromatic rings. The van der Waals surface area contributed by atoms with Crippen LogP contribution in [0.15, 0.2) is 28.5 Å². The monoisotopic (exact) mass is 231 g/mol. The summed E-state index contributed by atoms with van der Waals surface area (Å²) in [6, 6.07) is 3.40. The Labute approximate surface area is 99.0 Å². The number of nitrogens with zero attached hydrogens (tertiary/aromatic N) is 4. The van der Waals surface area contributed by atoms with E-state index in [0.717, 1.165) is 17.0 Å². The van der Waals surface area contributed by atoms with E-state index in [0.29, 0.717) is 6.54 Å². The van der Waals surface area contributed by atoms with Gasteiger partial charge in [0.05, 0.1) is 18.5 Å². The molecule has 88 valence electrons. The SMILES string of the molecule is CC1=NNC(=O)N(/N=C/c2cccnc2C)C1. The molecule has 0 spiro atoms. The van der Waals surface area contributed by atoms with E-state index in [1.165, 1.54) is 5.01 Å². The summed E-state index contributed by atoms with van der Waals surface area (Å²) in [7, 11) is 0. The highest BCUT2D eigenvalue weighted by Gasteiger charge is 2.17. The number of urea groups is 1. The zero-order chi connectivity index (χ0) is 12.3. The van der Waals surface area contributed by atoms with Crippen molar-refractivity contribution in [3.05, 3.63) is 29.6 Å². The van der Waals surface area contributed by atoms with Crippen LogP contribution in [0.4, 0.5) is 4.79 Å². The van der Waals surface area contributed by atoms with Crippen molar-refractivity contribution in [2.45, 2.75) is 13.8 Å². The summed E-state index contributed by atoms with van der Waals surface area (Å²) in [5, 5.41) is 9.27. The number of hydrazone groups is 2. The maximum atomic E-state index is 11.4. The van der Waals surface area contributed by atoms with Gasteiger partial charge in [0, 0.05) is 17.5 Å². The molecule has 2 heterocycles. The lowest BCUT2D eigenvalue weighted by atomic mass is 10.2. The first-order chi connectivity index (χ1) is 8.16. The maximum Gasteiger partial charge on any atom is 0.358 e. The molecule has 1 aliphatic heterocycles. The molecule has 2 rings (SSSR count). The minimum Gasteiger partial charge on any atom is -0.261 e. The summed E-state index contributed by atoms with van der Waals surface area (Å²) < 4.78 is 0. The van der Waals surface area contributed by atoms with E-state index in [1.54, 1.807) is 12.4 Å². The highest BCUT2D eigenvalue weighted by Crippen LogP contribution is 2.02. The average Bonchev–Trinajstić information content (AvgIpc) is 2.32. The van der Waals surface area contributed by atoms with Crippen LogP contribution in [0.2, 0.25) is 0 Å². The molecular formula is C11H13N5O. The molecule has 6 nitrogen and oxygen atoms in total. The topological polar surface area (TPSA) is 70.0 Å². The van der Waals surface area contributed by atoms with Crippen LogP contribution in [0.1, 0.15) is 18.2 Å². The Morgan fingerprint density at radius 2 is 2.35 bits per heavy atom. The Morgan fingerprint density at radius 1 is 1.53 bits per heavy atom. The van der Waals surface area contributed by atoms with Gasteiger partial charge in [0.15, 0.2) is 0 Å². The molecule has 0 atom stereocenters. The van der Waals surface area contributed by atoms with Gasteiger partial charge >= 0.3 is 6.03 Å². The normalized spacial score (nSPS) is 16.0. The van der Waals surface area contributed by atoms with Crippen molar-refractivity contribution in [1.82, 2.24) is 15.4 Å². The number of nitrogens with one attached hydrogen (secondary N) is 1. The Kier molecular flexibility index (Phi) is 3.13. The second-order valence-corrected chi connectivity index (χ2v) is 3.74. The van der Waals surface area contributed by atoms with Gasteiger partial charge in [-0.25, -0.2) is 15.2 Å². The molecule has 0 fully saturated rings. The van der Waals surface area contributed by atoms with Gasteiger partial charge in [-0.3, -0.25) is 4.98 Å². The van der Waals surface area contributed by atoms with Crippen LogP contribution in [0, 0.1) is 6.92 Å². The molecule has 1 aromatic heterocycles. The zero-order valence-corrected chi connectivity index (χ0v) is 9.71. The molecule has 0 unspecified atom stereocenters. The first-order valence-corrected chi connectivity index (χ1v) is 5.23. The van der Waals surface area contributed by atoms with Crippen molar-refractivity contribution in [2.75, 3.05) is 6.54 Å². The van der Waals surface area contributed by atoms with Crippen molar-refractivity contribution < 1.29 is 4.79 Å². The van der Waals surface area contributed by atoms with Crippen LogP contribution in [0.5, 0.6) is 0 Å². The summed E-state index contributed by atoms with van der Waals surface area (Å²) in [6.45, 7) is 4.13. The molecule has 2 amide bonds. The lowest BCUT2D eigenvalue weighted by molar-refractivity contribution is 0.204. The molecule has 0 saturated carbocycles. The fraction of sp³-hybridized carbons (Fsp3) is 0.273. The summed E-state index contributed by atoms with van der Waals surface area (Å²) in [5.41, 5.74) is 4.95. The number of hydrogen-bond acceptors (Lipinski definition) is 4. The molecule has 0 bridgehead atoms. The lowest BCUT2D eigenvalue weighted by Gasteiger charge is -2.20. The fourth-order valence-corrected chi connectivity index (χ4v) is 1.38. The van der Waals surface area contributed by atoms with Crippen LogP contribution in [0.3, 0.4) is 0 Å². The van der Waals surface area contributed by atoms with Crippen molar-refractivity contribution in [3.8, 4) is 0 Å². The predicted octanol–water partition coefficient (Wildman–Crippen LogP) is 1.13. The molecule has 0 saturated heterocycles. The quantitative estimate of drug-likeness (QED) is 0.775. The van der Waals surface area contributed by atoms with E-state index < -0.39 is 0 Å². The zero-order valence-electron chi connectivity index (χ0n) is 9.71. The van der Waals surface area contributed by atoms with E-state index >= 15 is 0 Å². The van der Waals surface area contributed by atoms with Gasteiger partial charge in [0.1, 0.15) is 0 Å². The Balaban J connectivity index is 2.14. The van der Waals surface area contributed by atoms with Crippen LogP contribution in [-0.4, -0.2) is 34.5 Å². The van der Waals surface area contributed by atoms with E-state index in [1.807, 2.05) is 26.0 Å². The molecule has 0 radical (unpaired) electrons. The van der Waals surface area contributed by atoms with E-state index in [2.05, 4.69) is 20.6 Å². The van der Waals surface area contributed by atoms with Crippen molar-refractivity contribution in [1.29, 1.82) is 0 Å². The Bertz CT molecular complexity index is 494. The lowest BCUT2D eigenvalue weighted by Crippen LogP contribution is -2.42. The van der Waals surface area contributed by atoms with Gasteiger partial charge in [-0.1, -0.05) is 6.07 Å². The minimum absolute atomic E-state index is 0.326. The number of rotatable bonds is 2. The molecule has 1 N–H and O–H groups in total. The fourth-order valence-electron chi connectivity index (χ4n) is 1.38. The number of amides is 2. The molecule has 0 aromatic carbocycles. The van der Waals surface area contributed by atoms with Gasteiger partial charge < -0.3 is 0 Å². The molecule has 6 heteroatoms. The first kappa shape index (κ1) is 11.3. The average molecular weight is 231 g/mol. The van der Waals surface area contributed by atoms with E-state index in [9.17, 15) is 4.79 Å². The predicted molar refractivity (Wildman–Crippen MR) is 64.9 cm³/mol. The maximum absolute atomic E-state index is 11.4. The van der Waals surface area contributed by atoms with Crippen LogP contribution < -0.4 is 5.43 Å². The van der Waals surface area contributed by atoms with E-state index in [4.69, 9.17) is 0 Å². The third kappa shape index (κ3) is 2.66. The van der Waals surface area contributed by atoms with Crippen molar-refractivity contribution in [3.63, 3.8) is 0 Å². The standard InChI is InChI=1S/C11H13N5O/c1-8-7-16(11(17)15-14-8)13-6-10-4-3-5-12-9(10)2/h3-6H,7H2,1-2H3,(H,15,17)/b13-6+. The third-order valence-corrected chi connectivity index (χ3v) is 2.34. The summed E-state index contributed by atoms with van der Waals surface area (Å²) in [5.74, 6) is 0. The van der Waals surface area contributed by atoms with E-state index in [-0.39, 0.29) is 6.03 Å². The molecular weight excluding hydrogens is 218 g/mol. The summed E-state index contributed by atoms with van der Waals surface area (Å²) in [6.07, 6.45) is 3.34. The number of carbonyl (C=O) groups excluding carboxylic acids is 1. The number of pyridine rings is 1. The van der Waals surface area contributed by atoms with Gasteiger partial charge in [0.25, 0.3) is 0 Å². The second-order valence-electron chi connectivity index (χ2n) is 3.74. The highest BCUT2D eigenvalue weighted by molar-refractivity contribution is 5.92. The van der Waals surface area contributed by atoms with Gasteiger partial charge in [-0.15, -0.1) is 0 Å². The molecule has 17 heavy (non-hydrogen) atoms. The van der Waals surface area contributed by atoms with Gasteiger partial charge in [-0.05, 0) is 19.9 Å². The minimum atomic E-state index is -0.326. The third-order valence-electron chi connectivity index (χ3n) is 2.34. The molecule has 0 aliphatic carbocycles. The van der Waals surface area contributed by atoms with Gasteiger partial charge in [0.2, 0.25) is 0 Å². The number of aryl methyl sites for hydroxylation is 1. The van der Waals surface area contributed by atoms with Crippen LogP contribution in [0.25, 0.3) is 0 Å². The largest absolute Gasteiger partial charge is 0.358 e. The van der Waals surface area contributed by atoms with Gasteiger partial charge in [-0.2, -0.15) is 10.2 Å². The summed E-state index contributed by atoms with van der Waals surface area (Å²) >= 11 is 0.